The van der Waals surface area contributed by atoms with E-state index < -0.39 is 0 Å². The fourth-order valence-electron chi connectivity index (χ4n) is 4.02. The number of carbonyl (C=O) groups excluding carboxylic acids is 1. The van der Waals surface area contributed by atoms with Crippen LogP contribution in [0.3, 0.4) is 0 Å². The Morgan fingerprint density at radius 1 is 1.13 bits per heavy atom. The molecule has 5 nitrogen and oxygen atoms in total. The van der Waals surface area contributed by atoms with Gasteiger partial charge in [0.15, 0.2) is 6.61 Å². The Morgan fingerprint density at radius 3 is 2.52 bits per heavy atom. The molecule has 0 aromatic heterocycles. The first-order valence-electron chi connectivity index (χ1n) is 10.9. The van der Waals surface area contributed by atoms with E-state index in [1.165, 1.54) is 25.0 Å². The molecule has 1 saturated heterocycles. The van der Waals surface area contributed by atoms with E-state index in [0.29, 0.717) is 23.4 Å². The van der Waals surface area contributed by atoms with Crippen LogP contribution in [0.4, 0.5) is 4.39 Å². The fourth-order valence-corrected chi connectivity index (χ4v) is 4.14. The lowest BCUT2D eigenvalue weighted by atomic mass is 10.0. The highest BCUT2D eigenvalue weighted by Crippen LogP contribution is 2.22. The van der Waals surface area contributed by atoms with Crippen molar-refractivity contribution in [1.82, 2.24) is 15.1 Å². The van der Waals surface area contributed by atoms with Gasteiger partial charge in [0.2, 0.25) is 0 Å². The number of halogens is 2. The molecule has 166 valence electrons. The largest absolute Gasteiger partial charge is 0.484 e. The summed E-state index contributed by atoms with van der Waals surface area (Å²) in [7, 11) is 0. The van der Waals surface area contributed by atoms with Gasteiger partial charge in [-0.25, -0.2) is 4.39 Å². The van der Waals surface area contributed by atoms with Crippen molar-refractivity contribution in [3.05, 3.63) is 64.9 Å². The summed E-state index contributed by atoms with van der Waals surface area (Å²) in [6.45, 7) is 5.06. The lowest BCUT2D eigenvalue weighted by Crippen LogP contribution is -2.61. The highest BCUT2D eigenvalue weighted by Gasteiger charge is 2.35. The Morgan fingerprint density at radius 2 is 1.84 bits per heavy atom. The molecule has 1 saturated carbocycles. The average Bonchev–Trinajstić information content (AvgIpc) is 3.59. The molecular formula is C24H29ClFN3O2. The molecule has 1 N–H and O–H groups in total. The highest BCUT2D eigenvalue weighted by atomic mass is 35.5. The van der Waals surface area contributed by atoms with E-state index in [-0.39, 0.29) is 30.4 Å². The van der Waals surface area contributed by atoms with Crippen molar-refractivity contribution in [3.8, 4) is 5.75 Å². The molecule has 0 unspecified atom stereocenters. The quantitative estimate of drug-likeness (QED) is 0.672. The molecule has 7 heteroatoms. The number of rotatable bonds is 8. The first-order chi connectivity index (χ1) is 15.0. The van der Waals surface area contributed by atoms with E-state index in [2.05, 4.69) is 17.1 Å². The summed E-state index contributed by atoms with van der Waals surface area (Å²) in [5, 5.41) is 4.24. The molecule has 0 bridgehead atoms. The van der Waals surface area contributed by atoms with Crippen molar-refractivity contribution >= 4 is 17.5 Å². The molecule has 2 atom stereocenters. The summed E-state index contributed by atoms with van der Waals surface area (Å²) in [6.07, 6.45) is 2.44. The molecule has 1 amide bonds. The second-order valence-corrected chi connectivity index (χ2v) is 8.97. The molecule has 2 aromatic rings. The summed E-state index contributed by atoms with van der Waals surface area (Å²) in [5.41, 5.74) is 1.08. The van der Waals surface area contributed by atoms with E-state index in [1.807, 2.05) is 17.0 Å². The Bertz CT molecular complexity index is 873. The summed E-state index contributed by atoms with van der Waals surface area (Å²) in [6, 6.07) is 14.6. The standard InChI is InChI=1S/C24H29ClFN3O2/c1-17-13-28(14-18-2-6-20(26)7-3-18)22(12-27-21-8-9-21)15-29(17)24(30)16-31-23-10-4-19(25)5-11-23/h2-7,10-11,17,21-22,27H,8-9,12-16H2,1H3/t17-,22+/m1/s1. The molecule has 1 heterocycles. The average molecular weight is 446 g/mol. The van der Waals surface area contributed by atoms with Gasteiger partial charge in [-0.05, 0) is 61.7 Å². The SMILES string of the molecule is C[C@@H]1CN(Cc2ccc(F)cc2)[C@@H](CNC2CC2)CN1C(=O)COc1ccc(Cl)cc1. The molecule has 2 fully saturated rings. The van der Waals surface area contributed by atoms with Gasteiger partial charge >= 0.3 is 0 Å². The minimum atomic E-state index is -0.222. The molecular weight excluding hydrogens is 417 g/mol. The monoisotopic (exact) mass is 445 g/mol. The number of amides is 1. The van der Waals surface area contributed by atoms with Crippen LogP contribution in [0.5, 0.6) is 5.75 Å². The van der Waals surface area contributed by atoms with Crippen molar-refractivity contribution in [2.75, 3.05) is 26.2 Å². The predicted molar refractivity (Wildman–Crippen MR) is 120 cm³/mol. The van der Waals surface area contributed by atoms with Gasteiger partial charge in [0.05, 0.1) is 0 Å². The van der Waals surface area contributed by atoms with Gasteiger partial charge in [0.25, 0.3) is 5.91 Å². The van der Waals surface area contributed by atoms with E-state index in [1.54, 1.807) is 24.3 Å². The van der Waals surface area contributed by atoms with Crippen molar-refractivity contribution in [3.63, 3.8) is 0 Å². The van der Waals surface area contributed by atoms with E-state index in [9.17, 15) is 9.18 Å². The van der Waals surface area contributed by atoms with E-state index in [0.717, 1.165) is 25.2 Å². The van der Waals surface area contributed by atoms with Crippen molar-refractivity contribution in [2.24, 2.45) is 0 Å². The molecule has 2 aliphatic rings. The molecule has 1 aliphatic carbocycles. The van der Waals surface area contributed by atoms with E-state index >= 15 is 0 Å². The van der Waals surface area contributed by atoms with Crippen LogP contribution in [0.15, 0.2) is 48.5 Å². The van der Waals surface area contributed by atoms with Crippen molar-refractivity contribution < 1.29 is 13.9 Å². The molecule has 0 spiro atoms. The van der Waals surface area contributed by atoms with Crippen LogP contribution >= 0.6 is 11.6 Å². The van der Waals surface area contributed by atoms with Gasteiger partial charge in [-0.1, -0.05) is 23.7 Å². The third kappa shape index (κ3) is 6.19. The van der Waals surface area contributed by atoms with E-state index in [4.69, 9.17) is 16.3 Å². The minimum Gasteiger partial charge on any atom is -0.484 e. The van der Waals surface area contributed by atoms with Gasteiger partial charge in [-0.3, -0.25) is 9.69 Å². The maximum Gasteiger partial charge on any atom is 0.260 e. The second kappa shape index (κ2) is 9.98. The van der Waals surface area contributed by atoms with Crippen LogP contribution in [0, 0.1) is 5.82 Å². The number of hydrogen-bond donors (Lipinski definition) is 1. The van der Waals surface area contributed by atoms with Gasteiger partial charge in [0.1, 0.15) is 11.6 Å². The maximum atomic E-state index is 13.3. The zero-order valence-electron chi connectivity index (χ0n) is 17.8. The first kappa shape index (κ1) is 22.1. The van der Waals surface area contributed by atoms with Gasteiger partial charge in [0, 0.05) is 49.3 Å². The lowest BCUT2D eigenvalue weighted by molar-refractivity contribution is -0.139. The van der Waals surface area contributed by atoms with Crippen LogP contribution in [-0.2, 0) is 11.3 Å². The van der Waals surface area contributed by atoms with Crippen molar-refractivity contribution in [1.29, 1.82) is 0 Å². The van der Waals surface area contributed by atoms with Crippen LogP contribution in [0.2, 0.25) is 5.02 Å². The molecule has 1 aliphatic heterocycles. The zero-order valence-corrected chi connectivity index (χ0v) is 18.5. The Labute approximate surface area is 188 Å². The number of hydrogen-bond acceptors (Lipinski definition) is 4. The normalized spacial score (nSPS) is 21.8. The summed E-state index contributed by atoms with van der Waals surface area (Å²) in [5.74, 6) is 0.396. The third-order valence-corrected chi connectivity index (χ3v) is 6.22. The zero-order chi connectivity index (χ0) is 21.8. The highest BCUT2D eigenvalue weighted by molar-refractivity contribution is 6.30. The number of carbonyl (C=O) groups is 1. The maximum absolute atomic E-state index is 13.3. The Kier molecular flexibility index (Phi) is 7.10. The van der Waals surface area contributed by atoms with Crippen molar-refractivity contribution in [2.45, 2.75) is 44.4 Å². The lowest BCUT2D eigenvalue weighted by Gasteiger charge is -2.45. The number of benzene rings is 2. The molecule has 2 aromatic carbocycles. The molecule has 4 rings (SSSR count). The van der Waals surface area contributed by atoms with Crippen LogP contribution in [-0.4, -0.2) is 60.1 Å². The van der Waals surface area contributed by atoms with Gasteiger partial charge in [-0.15, -0.1) is 0 Å². The van der Waals surface area contributed by atoms with Crippen LogP contribution < -0.4 is 10.1 Å². The Hall–Kier alpha value is -2.15. The number of piperazine rings is 1. The topological polar surface area (TPSA) is 44.8 Å². The Balaban J connectivity index is 1.39. The van der Waals surface area contributed by atoms with Crippen LogP contribution in [0.25, 0.3) is 0 Å². The fraction of sp³-hybridized carbons (Fsp3) is 0.458. The van der Waals surface area contributed by atoms with Gasteiger partial charge in [-0.2, -0.15) is 0 Å². The molecule has 0 radical (unpaired) electrons. The predicted octanol–water partition coefficient (Wildman–Crippen LogP) is 3.71. The third-order valence-electron chi connectivity index (χ3n) is 5.97. The number of ether oxygens (including phenoxy) is 1. The first-order valence-corrected chi connectivity index (χ1v) is 11.3. The smallest absolute Gasteiger partial charge is 0.260 e. The summed E-state index contributed by atoms with van der Waals surface area (Å²) in [4.78, 5) is 17.3. The summed E-state index contributed by atoms with van der Waals surface area (Å²) >= 11 is 5.91. The molecule has 31 heavy (non-hydrogen) atoms. The summed E-state index contributed by atoms with van der Waals surface area (Å²) < 4.78 is 19.0. The van der Waals surface area contributed by atoms with Crippen LogP contribution in [0.1, 0.15) is 25.3 Å². The number of nitrogens with zero attached hydrogens (tertiary/aromatic N) is 2. The minimum absolute atomic E-state index is 0.00665. The second-order valence-electron chi connectivity index (χ2n) is 8.53. The van der Waals surface area contributed by atoms with Gasteiger partial charge < -0.3 is 15.0 Å². The number of nitrogens with one attached hydrogen (secondary N) is 1.